The van der Waals surface area contributed by atoms with Gasteiger partial charge in [0, 0.05) is 5.69 Å². The van der Waals surface area contributed by atoms with E-state index in [1.54, 1.807) is 0 Å². The number of anilines is 2. The second-order valence-corrected chi connectivity index (χ2v) is 10.5. The first-order valence-electron chi connectivity index (χ1n) is 12.9. The lowest BCUT2D eigenvalue weighted by molar-refractivity contribution is 0.212. The first kappa shape index (κ1) is 23.7. The van der Waals surface area contributed by atoms with Gasteiger partial charge in [-0.15, -0.1) is 0 Å². The SMILES string of the molecule is CCC(C)(CC)C1=CC2Oc3cc(C(C)(CC)CC)ccc3N(c3ccc(C)cc3)C2C=C1. The average Bonchev–Trinajstić information content (AvgIpc) is 2.86. The molecular formula is C31H41NO. The third kappa shape index (κ3) is 4.14. The lowest BCUT2D eigenvalue weighted by atomic mass is 9.74. The summed E-state index contributed by atoms with van der Waals surface area (Å²) in [4.78, 5) is 2.47. The Kier molecular flexibility index (Phi) is 6.49. The summed E-state index contributed by atoms with van der Waals surface area (Å²) in [6, 6.07) is 16.0. The largest absolute Gasteiger partial charge is 0.482 e. The fourth-order valence-corrected chi connectivity index (χ4v) is 5.21. The Morgan fingerprint density at radius 1 is 0.848 bits per heavy atom. The van der Waals surface area contributed by atoms with Crippen molar-refractivity contribution in [3.05, 3.63) is 77.4 Å². The summed E-state index contributed by atoms with van der Waals surface area (Å²) in [5.74, 6) is 1.00. The van der Waals surface area contributed by atoms with Gasteiger partial charge in [-0.1, -0.05) is 77.5 Å². The van der Waals surface area contributed by atoms with Gasteiger partial charge in [-0.3, -0.25) is 0 Å². The molecule has 2 unspecified atom stereocenters. The molecule has 0 saturated carbocycles. The van der Waals surface area contributed by atoms with Crippen molar-refractivity contribution in [2.75, 3.05) is 4.90 Å². The van der Waals surface area contributed by atoms with Crippen molar-refractivity contribution < 1.29 is 4.74 Å². The lowest BCUT2D eigenvalue weighted by Crippen LogP contribution is -2.47. The summed E-state index contributed by atoms with van der Waals surface area (Å²) >= 11 is 0. The van der Waals surface area contributed by atoms with Crippen LogP contribution in [-0.2, 0) is 5.41 Å². The topological polar surface area (TPSA) is 12.5 Å². The molecule has 1 aliphatic heterocycles. The Morgan fingerprint density at radius 2 is 1.48 bits per heavy atom. The van der Waals surface area contributed by atoms with Gasteiger partial charge in [0.2, 0.25) is 0 Å². The molecule has 4 rings (SSSR count). The highest BCUT2D eigenvalue weighted by Gasteiger charge is 2.39. The second-order valence-electron chi connectivity index (χ2n) is 10.5. The van der Waals surface area contributed by atoms with Gasteiger partial charge in [-0.25, -0.2) is 0 Å². The monoisotopic (exact) mass is 443 g/mol. The van der Waals surface area contributed by atoms with Gasteiger partial charge in [-0.2, -0.15) is 0 Å². The van der Waals surface area contributed by atoms with E-state index >= 15 is 0 Å². The molecular weight excluding hydrogens is 402 g/mol. The average molecular weight is 444 g/mol. The zero-order chi connectivity index (χ0) is 23.8. The number of aryl methyl sites for hydroxylation is 1. The van der Waals surface area contributed by atoms with Crippen LogP contribution in [0.3, 0.4) is 0 Å². The van der Waals surface area contributed by atoms with Crippen LogP contribution in [-0.4, -0.2) is 12.1 Å². The molecule has 2 aliphatic rings. The molecule has 2 heteroatoms. The van der Waals surface area contributed by atoms with Crippen LogP contribution in [0.2, 0.25) is 0 Å². The molecule has 33 heavy (non-hydrogen) atoms. The maximum atomic E-state index is 6.78. The van der Waals surface area contributed by atoms with Crippen LogP contribution in [0.15, 0.2) is 66.3 Å². The smallest absolute Gasteiger partial charge is 0.144 e. The van der Waals surface area contributed by atoms with E-state index in [2.05, 4.69) is 114 Å². The molecule has 0 aromatic heterocycles. The number of fused-ring (bicyclic) bond motifs is 2. The van der Waals surface area contributed by atoms with E-state index in [1.807, 2.05) is 0 Å². The van der Waals surface area contributed by atoms with E-state index in [0.29, 0.717) is 0 Å². The van der Waals surface area contributed by atoms with Crippen molar-refractivity contribution in [3.63, 3.8) is 0 Å². The molecule has 176 valence electrons. The fraction of sp³-hybridized carbons (Fsp3) is 0.484. The Hall–Kier alpha value is -2.48. The maximum absolute atomic E-state index is 6.78. The zero-order valence-corrected chi connectivity index (χ0v) is 21.6. The van der Waals surface area contributed by atoms with E-state index in [4.69, 9.17) is 4.74 Å². The zero-order valence-electron chi connectivity index (χ0n) is 21.6. The highest BCUT2D eigenvalue weighted by Crippen LogP contribution is 2.47. The Balaban J connectivity index is 1.83. The first-order valence-corrected chi connectivity index (χ1v) is 12.9. The molecule has 0 fully saturated rings. The summed E-state index contributed by atoms with van der Waals surface area (Å²) in [5, 5.41) is 0. The summed E-state index contributed by atoms with van der Waals surface area (Å²) in [6.45, 7) is 16.1. The molecule has 0 spiro atoms. The molecule has 0 bridgehead atoms. The van der Waals surface area contributed by atoms with Crippen molar-refractivity contribution in [3.8, 4) is 5.75 Å². The number of hydrogen-bond acceptors (Lipinski definition) is 2. The minimum atomic E-state index is 0.000914. The molecule has 2 atom stereocenters. The highest BCUT2D eigenvalue weighted by molar-refractivity contribution is 5.74. The van der Waals surface area contributed by atoms with Crippen LogP contribution < -0.4 is 9.64 Å². The number of nitrogens with zero attached hydrogens (tertiary/aromatic N) is 1. The molecule has 1 heterocycles. The molecule has 2 aromatic rings. The minimum Gasteiger partial charge on any atom is -0.482 e. The van der Waals surface area contributed by atoms with E-state index in [9.17, 15) is 0 Å². The van der Waals surface area contributed by atoms with Gasteiger partial charge in [-0.05, 0) is 84.9 Å². The van der Waals surface area contributed by atoms with Crippen molar-refractivity contribution in [2.24, 2.45) is 5.41 Å². The third-order valence-corrected chi connectivity index (χ3v) is 8.76. The van der Waals surface area contributed by atoms with E-state index in [0.717, 1.165) is 37.1 Å². The number of benzene rings is 2. The minimum absolute atomic E-state index is 0.000914. The van der Waals surface area contributed by atoms with Crippen molar-refractivity contribution in [2.45, 2.75) is 91.7 Å². The van der Waals surface area contributed by atoms with Gasteiger partial charge < -0.3 is 9.64 Å². The predicted octanol–water partition coefficient (Wildman–Crippen LogP) is 8.66. The highest BCUT2D eigenvalue weighted by atomic mass is 16.5. The Morgan fingerprint density at radius 3 is 2.09 bits per heavy atom. The summed E-state index contributed by atoms with van der Waals surface area (Å²) in [6.07, 6.45) is 11.6. The molecule has 0 N–H and O–H groups in total. The van der Waals surface area contributed by atoms with Crippen molar-refractivity contribution in [1.29, 1.82) is 0 Å². The van der Waals surface area contributed by atoms with Crippen LogP contribution >= 0.6 is 0 Å². The first-order chi connectivity index (χ1) is 15.8. The molecule has 0 radical (unpaired) electrons. The number of ether oxygens (including phenoxy) is 1. The standard InChI is InChI=1S/C31H41NO/c1-8-30(6,9-2)23-14-18-26-28(20-23)33-29-21-24(31(7,10-3)11-4)15-19-27(29)32(26)25-16-12-22(5)13-17-25/h12-21,26,28H,8-11H2,1-7H3. The quantitative estimate of drug-likeness (QED) is 0.424. The molecule has 2 aromatic carbocycles. The normalized spacial score (nSPS) is 20.1. The van der Waals surface area contributed by atoms with Gasteiger partial charge >= 0.3 is 0 Å². The Bertz CT molecular complexity index is 1040. The number of rotatable bonds is 7. The van der Waals surface area contributed by atoms with Gasteiger partial charge in [0.1, 0.15) is 11.9 Å². The second kappa shape index (κ2) is 9.05. The van der Waals surface area contributed by atoms with Crippen LogP contribution in [0.25, 0.3) is 0 Å². The van der Waals surface area contributed by atoms with Gasteiger partial charge in [0.15, 0.2) is 0 Å². The predicted molar refractivity (Wildman–Crippen MR) is 142 cm³/mol. The molecule has 0 amide bonds. The summed E-state index contributed by atoms with van der Waals surface area (Å²) in [5.41, 5.74) is 6.79. The lowest BCUT2D eigenvalue weighted by Gasteiger charge is -2.44. The van der Waals surface area contributed by atoms with E-state index < -0.39 is 0 Å². The summed E-state index contributed by atoms with van der Waals surface area (Å²) < 4.78 is 6.78. The van der Waals surface area contributed by atoms with Crippen LogP contribution in [0.5, 0.6) is 5.75 Å². The van der Waals surface area contributed by atoms with Crippen LogP contribution in [0.1, 0.15) is 78.4 Å². The third-order valence-electron chi connectivity index (χ3n) is 8.76. The summed E-state index contributed by atoms with van der Waals surface area (Å²) in [7, 11) is 0. The van der Waals surface area contributed by atoms with Crippen molar-refractivity contribution >= 4 is 11.4 Å². The van der Waals surface area contributed by atoms with Crippen molar-refractivity contribution in [1.82, 2.24) is 0 Å². The molecule has 0 saturated heterocycles. The van der Waals surface area contributed by atoms with E-state index in [-0.39, 0.29) is 23.0 Å². The number of allylic oxidation sites excluding steroid dienone is 2. The molecule has 1 aliphatic carbocycles. The van der Waals surface area contributed by atoms with Gasteiger partial charge in [0.05, 0.1) is 11.7 Å². The van der Waals surface area contributed by atoms with Gasteiger partial charge in [0.25, 0.3) is 0 Å². The van der Waals surface area contributed by atoms with Crippen LogP contribution in [0, 0.1) is 12.3 Å². The number of hydrogen-bond donors (Lipinski definition) is 0. The van der Waals surface area contributed by atoms with Crippen LogP contribution in [0.4, 0.5) is 11.4 Å². The Labute approximate surface area is 201 Å². The molecule has 2 nitrogen and oxygen atoms in total. The maximum Gasteiger partial charge on any atom is 0.144 e. The van der Waals surface area contributed by atoms with E-state index in [1.165, 1.54) is 22.4 Å². The fourth-order valence-electron chi connectivity index (χ4n) is 5.21.